The molecule has 0 amide bonds. The number of hydrogen-bond acceptors (Lipinski definition) is 3. The summed E-state index contributed by atoms with van der Waals surface area (Å²) in [7, 11) is -3.47. The fraction of sp³-hybridized carbons (Fsp3) is 0.938. The minimum Gasteiger partial charge on any atom is -0.214 e. The maximum Gasteiger partial charge on any atom is 0.227 e. The molecule has 0 aromatic heterocycles. The molecule has 0 heterocycles. The second-order valence-electron chi connectivity index (χ2n) is 5.67. The van der Waals surface area contributed by atoms with E-state index in [0.29, 0.717) is 13.0 Å². The SMILES string of the molecule is CCCCCCCCC(C#N)S(=O)(=O)NCCCCCC. The van der Waals surface area contributed by atoms with Gasteiger partial charge in [-0.2, -0.15) is 5.26 Å². The van der Waals surface area contributed by atoms with Gasteiger partial charge in [-0.3, -0.25) is 0 Å². The van der Waals surface area contributed by atoms with Gasteiger partial charge in [0.25, 0.3) is 0 Å². The first-order valence-electron chi connectivity index (χ1n) is 8.46. The van der Waals surface area contributed by atoms with Crippen molar-refractivity contribution in [3.63, 3.8) is 0 Å². The van der Waals surface area contributed by atoms with Gasteiger partial charge in [-0.05, 0) is 12.8 Å². The molecule has 5 heteroatoms. The Kier molecular flexibility index (Phi) is 12.7. The number of nitrogens with one attached hydrogen (secondary N) is 1. The van der Waals surface area contributed by atoms with E-state index >= 15 is 0 Å². The van der Waals surface area contributed by atoms with E-state index in [0.717, 1.165) is 44.9 Å². The van der Waals surface area contributed by atoms with E-state index in [1.54, 1.807) is 0 Å². The summed E-state index contributed by atoms with van der Waals surface area (Å²) in [4.78, 5) is 0. The summed E-state index contributed by atoms with van der Waals surface area (Å²) >= 11 is 0. The molecule has 21 heavy (non-hydrogen) atoms. The van der Waals surface area contributed by atoms with Gasteiger partial charge in [0, 0.05) is 6.54 Å². The Hall–Kier alpha value is -0.600. The van der Waals surface area contributed by atoms with Gasteiger partial charge >= 0.3 is 0 Å². The monoisotopic (exact) mass is 316 g/mol. The zero-order valence-corrected chi connectivity index (χ0v) is 14.6. The van der Waals surface area contributed by atoms with Gasteiger partial charge in [0.15, 0.2) is 5.25 Å². The molecule has 0 saturated heterocycles. The molecule has 1 N–H and O–H groups in total. The zero-order valence-electron chi connectivity index (χ0n) is 13.7. The highest BCUT2D eigenvalue weighted by atomic mass is 32.2. The van der Waals surface area contributed by atoms with E-state index in [1.165, 1.54) is 19.3 Å². The normalized spacial score (nSPS) is 13.0. The summed E-state index contributed by atoms with van der Waals surface area (Å²) in [6, 6.07) is 1.95. The molecule has 0 bridgehead atoms. The maximum absolute atomic E-state index is 12.0. The van der Waals surface area contributed by atoms with Gasteiger partial charge in [-0.1, -0.05) is 71.6 Å². The minimum atomic E-state index is -3.47. The van der Waals surface area contributed by atoms with Crippen molar-refractivity contribution in [2.75, 3.05) is 6.54 Å². The lowest BCUT2D eigenvalue weighted by atomic mass is 10.1. The van der Waals surface area contributed by atoms with Crippen LogP contribution in [0.4, 0.5) is 0 Å². The second-order valence-corrected chi connectivity index (χ2v) is 7.62. The Bertz CT molecular complexity index is 374. The summed E-state index contributed by atoms with van der Waals surface area (Å²) in [6.45, 7) is 4.75. The lowest BCUT2D eigenvalue weighted by molar-refractivity contribution is 0.551. The van der Waals surface area contributed by atoms with Crippen LogP contribution in [0.1, 0.15) is 84.5 Å². The predicted molar refractivity (Wildman–Crippen MR) is 88.5 cm³/mol. The Morgan fingerprint density at radius 2 is 1.43 bits per heavy atom. The van der Waals surface area contributed by atoms with E-state index in [9.17, 15) is 8.42 Å². The van der Waals surface area contributed by atoms with Crippen LogP contribution in [0.25, 0.3) is 0 Å². The number of sulfonamides is 1. The van der Waals surface area contributed by atoms with Crippen LogP contribution in [-0.4, -0.2) is 20.2 Å². The molecule has 0 spiro atoms. The molecule has 0 aromatic carbocycles. The molecule has 0 aliphatic rings. The molecule has 0 aliphatic carbocycles. The molecule has 0 radical (unpaired) electrons. The topological polar surface area (TPSA) is 70.0 Å². The van der Waals surface area contributed by atoms with Gasteiger partial charge in [0.2, 0.25) is 10.0 Å². The molecule has 0 fully saturated rings. The van der Waals surface area contributed by atoms with E-state index in [2.05, 4.69) is 18.6 Å². The van der Waals surface area contributed by atoms with Gasteiger partial charge in [-0.15, -0.1) is 0 Å². The van der Waals surface area contributed by atoms with Crippen molar-refractivity contribution in [1.29, 1.82) is 5.26 Å². The standard InChI is InChI=1S/C16H32N2O2S/c1-3-5-7-9-10-11-13-16(15-17)21(19,20)18-14-12-8-6-4-2/h16,18H,3-14H2,1-2H3. The average Bonchev–Trinajstić information content (AvgIpc) is 2.46. The van der Waals surface area contributed by atoms with Crippen molar-refractivity contribution < 1.29 is 8.42 Å². The smallest absolute Gasteiger partial charge is 0.214 e. The van der Waals surface area contributed by atoms with E-state index in [-0.39, 0.29) is 0 Å². The Morgan fingerprint density at radius 3 is 2.00 bits per heavy atom. The first-order chi connectivity index (χ1) is 10.1. The zero-order chi connectivity index (χ0) is 16.0. The van der Waals surface area contributed by atoms with Crippen molar-refractivity contribution in [2.45, 2.75) is 89.7 Å². The van der Waals surface area contributed by atoms with Crippen LogP contribution >= 0.6 is 0 Å². The molecule has 0 aliphatic heterocycles. The molecule has 4 nitrogen and oxygen atoms in total. The molecule has 124 valence electrons. The maximum atomic E-state index is 12.0. The van der Waals surface area contributed by atoms with Crippen LogP contribution in [-0.2, 0) is 10.0 Å². The van der Waals surface area contributed by atoms with Crippen LogP contribution in [0.3, 0.4) is 0 Å². The van der Waals surface area contributed by atoms with Gasteiger partial charge in [0.05, 0.1) is 6.07 Å². The largest absolute Gasteiger partial charge is 0.227 e. The van der Waals surface area contributed by atoms with Crippen molar-refractivity contribution >= 4 is 10.0 Å². The summed E-state index contributed by atoms with van der Waals surface area (Å²) in [6.07, 6.45) is 11.2. The molecular formula is C16H32N2O2S. The molecule has 0 aromatic rings. The Labute approximate surface area is 131 Å². The van der Waals surface area contributed by atoms with Gasteiger partial charge < -0.3 is 0 Å². The number of hydrogen-bond donors (Lipinski definition) is 1. The highest BCUT2D eigenvalue weighted by Crippen LogP contribution is 2.12. The summed E-state index contributed by atoms with van der Waals surface area (Å²) < 4.78 is 26.6. The molecule has 1 unspecified atom stereocenters. The summed E-state index contributed by atoms with van der Waals surface area (Å²) in [5, 5.41) is 8.18. The van der Waals surface area contributed by atoms with E-state index < -0.39 is 15.3 Å². The van der Waals surface area contributed by atoms with Crippen molar-refractivity contribution in [3.8, 4) is 6.07 Å². The number of rotatable bonds is 14. The fourth-order valence-corrected chi connectivity index (χ4v) is 3.51. The fourth-order valence-electron chi connectivity index (χ4n) is 2.27. The predicted octanol–water partition coefficient (Wildman–Crippen LogP) is 4.13. The van der Waals surface area contributed by atoms with Crippen molar-refractivity contribution in [3.05, 3.63) is 0 Å². The third kappa shape index (κ3) is 10.7. The summed E-state index contributed by atoms with van der Waals surface area (Å²) in [5.74, 6) is 0. The van der Waals surface area contributed by atoms with Crippen LogP contribution in [0.2, 0.25) is 0 Å². The summed E-state index contributed by atoms with van der Waals surface area (Å²) in [5.41, 5.74) is 0. The second kappa shape index (κ2) is 13.1. The van der Waals surface area contributed by atoms with E-state index in [4.69, 9.17) is 5.26 Å². The number of unbranched alkanes of at least 4 members (excludes halogenated alkanes) is 8. The molecule has 1 atom stereocenters. The first-order valence-corrected chi connectivity index (χ1v) is 10.0. The number of nitriles is 1. The molecule has 0 rings (SSSR count). The quantitative estimate of drug-likeness (QED) is 0.490. The average molecular weight is 317 g/mol. The lowest BCUT2D eigenvalue weighted by Gasteiger charge is -2.11. The van der Waals surface area contributed by atoms with Crippen molar-refractivity contribution in [2.24, 2.45) is 0 Å². The van der Waals surface area contributed by atoms with E-state index in [1.807, 2.05) is 6.07 Å². The molecule has 0 saturated carbocycles. The lowest BCUT2D eigenvalue weighted by Crippen LogP contribution is -2.34. The number of nitrogens with zero attached hydrogens (tertiary/aromatic N) is 1. The highest BCUT2D eigenvalue weighted by Gasteiger charge is 2.23. The van der Waals surface area contributed by atoms with Crippen LogP contribution in [0, 0.1) is 11.3 Å². The first kappa shape index (κ1) is 20.4. The van der Waals surface area contributed by atoms with Gasteiger partial charge in [0.1, 0.15) is 0 Å². The highest BCUT2D eigenvalue weighted by molar-refractivity contribution is 7.90. The Balaban J connectivity index is 3.93. The Morgan fingerprint density at radius 1 is 0.905 bits per heavy atom. The molecular weight excluding hydrogens is 284 g/mol. The van der Waals surface area contributed by atoms with Crippen LogP contribution in [0.15, 0.2) is 0 Å². The van der Waals surface area contributed by atoms with Gasteiger partial charge in [-0.25, -0.2) is 13.1 Å². The van der Waals surface area contributed by atoms with Crippen molar-refractivity contribution in [1.82, 2.24) is 4.72 Å². The third-order valence-corrected chi connectivity index (χ3v) is 5.37. The minimum absolute atomic E-state index is 0.451. The van der Waals surface area contributed by atoms with Crippen LogP contribution < -0.4 is 4.72 Å². The third-order valence-electron chi connectivity index (χ3n) is 3.67. The van der Waals surface area contributed by atoms with Crippen LogP contribution in [0.5, 0.6) is 0 Å².